The Hall–Kier alpha value is -3.46. The number of aromatic amines is 1. The van der Waals surface area contributed by atoms with E-state index in [1.165, 1.54) is 0 Å². The van der Waals surface area contributed by atoms with Gasteiger partial charge in [-0.3, -0.25) is 9.89 Å². The monoisotopic (exact) mass is 331 g/mol. The number of primary amides is 1. The van der Waals surface area contributed by atoms with E-state index in [4.69, 9.17) is 11.0 Å². The molecule has 0 saturated carbocycles. The molecule has 6 nitrogen and oxygen atoms in total. The Morgan fingerprint density at radius 3 is 2.80 bits per heavy atom. The molecule has 25 heavy (non-hydrogen) atoms. The van der Waals surface area contributed by atoms with Crippen LogP contribution in [0.4, 0.5) is 0 Å². The predicted octanol–water partition coefficient (Wildman–Crippen LogP) is 2.62. The first-order chi connectivity index (χ1) is 12.2. The number of nitrogens with one attached hydrogen (secondary N) is 1. The van der Waals surface area contributed by atoms with Gasteiger partial charge in [-0.05, 0) is 36.6 Å². The summed E-state index contributed by atoms with van der Waals surface area (Å²) in [5.74, 6) is 0.938. The van der Waals surface area contributed by atoms with Gasteiger partial charge in [0.2, 0.25) is 5.91 Å². The molecule has 1 amide bonds. The second-order valence-electron chi connectivity index (χ2n) is 5.67. The van der Waals surface area contributed by atoms with Crippen molar-refractivity contribution in [3.8, 4) is 17.5 Å². The molecule has 0 saturated heterocycles. The number of nitriles is 1. The molecule has 0 unspecified atom stereocenters. The molecule has 6 heteroatoms. The fourth-order valence-corrected chi connectivity index (χ4v) is 2.69. The van der Waals surface area contributed by atoms with E-state index < -0.39 is 5.91 Å². The third-order valence-corrected chi connectivity index (χ3v) is 3.92. The number of amides is 1. The van der Waals surface area contributed by atoms with Crippen molar-refractivity contribution in [2.75, 3.05) is 0 Å². The average molecular weight is 331 g/mol. The largest absolute Gasteiger partial charge is 0.366 e. The Kier molecular flexibility index (Phi) is 4.86. The molecule has 1 heterocycles. The molecule has 124 valence electrons. The van der Waals surface area contributed by atoms with E-state index in [0.717, 1.165) is 29.8 Å². The van der Waals surface area contributed by atoms with Gasteiger partial charge < -0.3 is 5.73 Å². The fraction of sp³-hybridized carbons (Fsp3) is 0.158. The number of benzene rings is 2. The Bertz CT molecular complexity index is 939. The van der Waals surface area contributed by atoms with Crippen LogP contribution in [0.2, 0.25) is 0 Å². The molecule has 0 atom stereocenters. The van der Waals surface area contributed by atoms with Gasteiger partial charge in [0.15, 0.2) is 5.82 Å². The van der Waals surface area contributed by atoms with E-state index >= 15 is 0 Å². The van der Waals surface area contributed by atoms with Crippen LogP contribution in [0, 0.1) is 11.3 Å². The van der Waals surface area contributed by atoms with Crippen LogP contribution in [0.15, 0.2) is 48.5 Å². The summed E-state index contributed by atoms with van der Waals surface area (Å²) < 4.78 is 0. The van der Waals surface area contributed by atoms with Crippen LogP contribution >= 0.6 is 0 Å². The van der Waals surface area contributed by atoms with Crippen molar-refractivity contribution >= 4 is 5.91 Å². The summed E-state index contributed by atoms with van der Waals surface area (Å²) in [7, 11) is 0. The Morgan fingerprint density at radius 2 is 2.00 bits per heavy atom. The van der Waals surface area contributed by atoms with Gasteiger partial charge in [-0.1, -0.05) is 30.3 Å². The zero-order chi connectivity index (χ0) is 17.6. The van der Waals surface area contributed by atoms with Crippen molar-refractivity contribution in [3.63, 3.8) is 0 Å². The van der Waals surface area contributed by atoms with Crippen molar-refractivity contribution in [2.45, 2.75) is 19.3 Å². The molecular formula is C19H17N5O. The maximum Gasteiger partial charge on any atom is 0.248 e. The number of carbonyl (C=O) groups is 1. The van der Waals surface area contributed by atoms with Crippen LogP contribution in [0.3, 0.4) is 0 Å². The highest BCUT2D eigenvalue weighted by molar-refractivity contribution is 5.94. The van der Waals surface area contributed by atoms with Crippen molar-refractivity contribution in [1.82, 2.24) is 15.2 Å². The molecular weight excluding hydrogens is 314 g/mol. The molecule has 0 spiro atoms. The van der Waals surface area contributed by atoms with Gasteiger partial charge in [0.1, 0.15) is 5.82 Å². The first-order valence-electron chi connectivity index (χ1n) is 7.97. The normalized spacial score (nSPS) is 10.4. The fourth-order valence-electron chi connectivity index (χ4n) is 2.69. The molecule has 0 fully saturated rings. The molecule has 0 radical (unpaired) electrons. The summed E-state index contributed by atoms with van der Waals surface area (Å²) in [5.41, 5.74) is 8.29. The molecule has 3 rings (SSSR count). The van der Waals surface area contributed by atoms with Crippen LogP contribution < -0.4 is 5.73 Å². The van der Waals surface area contributed by atoms with Crippen molar-refractivity contribution in [2.24, 2.45) is 5.73 Å². The maximum absolute atomic E-state index is 11.4. The van der Waals surface area contributed by atoms with Crippen molar-refractivity contribution in [1.29, 1.82) is 5.26 Å². The maximum atomic E-state index is 11.4. The lowest BCUT2D eigenvalue weighted by atomic mass is 10.0. The van der Waals surface area contributed by atoms with Gasteiger partial charge >= 0.3 is 0 Å². The topological polar surface area (TPSA) is 108 Å². The number of nitrogens with zero attached hydrogens (tertiary/aromatic N) is 3. The lowest BCUT2D eigenvalue weighted by Gasteiger charge is -2.05. The summed E-state index contributed by atoms with van der Waals surface area (Å²) >= 11 is 0. The van der Waals surface area contributed by atoms with Crippen LogP contribution in [0.25, 0.3) is 11.4 Å². The molecule has 0 aliphatic heterocycles. The highest BCUT2D eigenvalue weighted by atomic mass is 16.1. The Balaban J connectivity index is 1.65. The van der Waals surface area contributed by atoms with Crippen LogP contribution in [0.1, 0.15) is 33.7 Å². The standard InChI is InChI=1S/C19H17N5O/c20-12-13-5-3-8-15(11-13)19-22-17(23-24-19)10-4-7-14-6-1-2-9-16(14)18(21)25/h1-3,5-6,8-9,11H,4,7,10H2,(H2,21,25)(H,22,23,24). The SMILES string of the molecule is N#Cc1cccc(-c2n[nH]c(CCCc3ccccc3C(N)=O)n2)c1. The summed E-state index contributed by atoms with van der Waals surface area (Å²) in [6, 6.07) is 16.7. The van der Waals surface area contributed by atoms with Crippen molar-refractivity contribution < 1.29 is 4.79 Å². The smallest absolute Gasteiger partial charge is 0.248 e. The van der Waals surface area contributed by atoms with Crippen LogP contribution in [-0.4, -0.2) is 21.1 Å². The molecule has 0 bridgehead atoms. The van der Waals surface area contributed by atoms with Gasteiger partial charge in [0.25, 0.3) is 0 Å². The van der Waals surface area contributed by atoms with Gasteiger partial charge in [0.05, 0.1) is 11.6 Å². The second kappa shape index (κ2) is 7.41. The van der Waals surface area contributed by atoms with E-state index in [-0.39, 0.29) is 0 Å². The number of hydrogen-bond acceptors (Lipinski definition) is 4. The number of hydrogen-bond donors (Lipinski definition) is 2. The van der Waals surface area contributed by atoms with E-state index in [1.807, 2.05) is 30.3 Å². The van der Waals surface area contributed by atoms with E-state index in [9.17, 15) is 4.79 Å². The van der Waals surface area contributed by atoms with Crippen molar-refractivity contribution in [3.05, 3.63) is 71.0 Å². The molecule has 0 aliphatic rings. The van der Waals surface area contributed by atoms with E-state index in [2.05, 4.69) is 21.3 Å². The van der Waals surface area contributed by atoms with Gasteiger partial charge in [-0.2, -0.15) is 10.4 Å². The molecule has 3 aromatic rings. The summed E-state index contributed by atoms with van der Waals surface area (Å²) in [4.78, 5) is 15.9. The first kappa shape index (κ1) is 16.4. The lowest BCUT2D eigenvalue weighted by Crippen LogP contribution is -2.13. The number of rotatable bonds is 6. The predicted molar refractivity (Wildman–Crippen MR) is 93.5 cm³/mol. The summed E-state index contributed by atoms with van der Waals surface area (Å²) in [6.07, 6.45) is 2.26. The zero-order valence-electron chi connectivity index (χ0n) is 13.6. The third-order valence-electron chi connectivity index (χ3n) is 3.92. The first-order valence-corrected chi connectivity index (χ1v) is 7.97. The highest BCUT2D eigenvalue weighted by Crippen LogP contribution is 2.17. The minimum Gasteiger partial charge on any atom is -0.366 e. The lowest BCUT2D eigenvalue weighted by molar-refractivity contribution is 0.0999. The third kappa shape index (κ3) is 3.90. The number of H-pyrrole nitrogens is 1. The second-order valence-corrected chi connectivity index (χ2v) is 5.67. The number of carbonyl (C=O) groups excluding carboxylic acids is 1. The van der Waals surface area contributed by atoms with Gasteiger partial charge in [0, 0.05) is 17.5 Å². The number of nitrogens with two attached hydrogens (primary N) is 1. The molecule has 2 aromatic carbocycles. The van der Waals surface area contributed by atoms with E-state index in [1.54, 1.807) is 18.2 Å². The van der Waals surface area contributed by atoms with Crippen LogP contribution in [-0.2, 0) is 12.8 Å². The quantitative estimate of drug-likeness (QED) is 0.723. The number of aromatic nitrogens is 3. The average Bonchev–Trinajstić information content (AvgIpc) is 3.11. The molecule has 0 aliphatic carbocycles. The summed E-state index contributed by atoms with van der Waals surface area (Å²) in [6.45, 7) is 0. The minimum atomic E-state index is -0.407. The minimum absolute atomic E-state index is 0.407. The molecule has 1 aromatic heterocycles. The van der Waals surface area contributed by atoms with Gasteiger partial charge in [-0.15, -0.1) is 0 Å². The number of aryl methyl sites for hydroxylation is 2. The van der Waals surface area contributed by atoms with Gasteiger partial charge in [-0.25, -0.2) is 4.98 Å². The zero-order valence-corrected chi connectivity index (χ0v) is 13.6. The van der Waals surface area contributed by atoms with E-state index in [0.29, 0.717) is 23.4 Å². The molecule has 3 N–H and O–H groups in total. The highest BCUT2D eigenvalue weighted by Gasteiger charge is 2.09. The Morgan fingerprint density at radius 1 is 1.16 bits per heavy atom. The van der Waals surface area contributed by atoms with Crippen LogP contribution in [0.5, 0.6) is 0 Å². The summed E-state index contributed by atoms with van der Waals surface area (Å²) in [5, 5.41) is 16.1. The Labute approximate surface area is 145 Å².